The van der Waals surface area contributed by atoms with Gasteiger partial charge in [0.15, 0.2) is 0 Å². The van der Waals surface area contributed by atoms with Gasteiger partial charge in [0.1, 0.15) is 5.82 Å². The molecule has 1 aromatic heterocycles. The van der Waals surface area contributed by atoms with Crippen LogP contribution < -0.4 is 0 Å². The van der Waals surface area contributed by atoms with E-state index in [0.29, 0.717) is 5.52 Å². The number of aliphatic carboxylic acids is 1. The Morgan fingerprint density at radius 2 is 2.33 bits per heavy atom. The number of rotatable bonds is 3. The lowest BCUT2D eigenvalue weighted by Gasteiger charge is -1.95. The summed E-state index contributed by atoms with van der Waals surface area (Å²) in [6.45, 7) is 0. The van der Waals surface area contributed by atoms with Gasteiger partial charge >= 0.3 is 5.97 Å². The first kappa shape index (κ1) is 10.0. The van der Waals surface area contributed by atoms with E-state index in [9.17, 15) is 9.18 Å². The van der Waals surface area contributed by atoms with Crippen molar-refractivity contribution in [1.29, 1.82) is 0 Å². The van der Waals surface area contributed by atoms with Crippen LogP contribution in [0.1, 0.15) is 0 Å². The second-order valence-corrected chi connectivity index (χ2v) is 4.04. The molecule has 0 saturated heterocycles. The molecule has 0 bridgehead atoms. The fourth-order valence-electron chi connectivity index (χ4n) is 1.33. The first-order chi connectivity index (χ1) is 7.16. The zero-order valence-electron chi connectivity index (χ0n) is 7.66. The van der Waals surface area contributed by atoms with Gasteiger partial charge in [-0.25, -0.2) is 4.39 Å². The van der Waals surface area contributed by atoms with Gasteiger partial charge in [0, 0.05) is 22.0 Å². The van der Waals surface area contributed by atoms with Crippen LogP contribution in [0.2, 0.25) is 0 Å². The van der Waals surface area contributed by atoms with Crippen LogP contribution in [0.3, 0.4) is 0 Å². The monoisotopic (exact) mass is 225 g/mol. The summed E-state index contributed by atoms with van der Waals surface area (Å²) in [6, 6.07) is 4.40. The molecular weight excluding hydrogens is 217 g/mol. The lowest BCUT2D eigenvalue weighted by atomic mass is 10.2. The highest BCUT2D eigenvalue weighted by molar-refractivity contribution is 8.00. The number of aromatic amines is 1. The van der Waals surface area contributed by atoms with Crippen molar-refractivity contribution in [3.63, 3.8) is 0 Å². The van der Waals surface area contributed by atoms with Gasteiger partial charge in [-0.1, -0.05) is 0 Å². The Morgan fingerprint density at radius 3 is 3.07 bits per heavy atom. The normalized spacial score (nSPS) is 10.7. The van der Waals surface area contributed by atoms with Crippen molar-refractivity contribution in [2.75, 3.05) is 5.75 Å². The number of carbonyl (C=O) groups is 1. The van der Waals surface area contributed by atoms with Gasteiger partial charge in [-0.2, -0.15) is 0 Å². The molecule has 2 rings (SSSR count). The summed E-state index contributed by atoms with van der Waals surface area (Å²) >= 11 is 1.22. The number of benzene rings is 1. The summed E-state index contributed by atoms with van der Waals surface area (Å²) in [5.41, 5.74) is 0.683. The number of halogens is 1. The maximum Gasteiger partial charge on any atom is 0.313 e. The lowest BCUT2D eigenvalue weighted by Crippen LogP contribution is -1.96. The van der Waals surface area contributed by atoms with E-state index < -0.39 is 5.97 Å². The lowest BCUT2D eigenvalue weighted by molar-refractivity contribution is -0.133. The largest absolute Gasteiger partial charge is 0.481 e. The van der Waals surface area contributed by atoms with Crippen LogP contribution in [0.4, 0.5) is 4.39 Å². The summed E-state index contributed by atoms with van der Waals surface area (Å²) in [6.07, 6.45) is 1.69. The Morgan fingerprint density at radius 1 is 1.53 bits per heavy atom. The minimum absolute atomic E-state index is 0.00430. The maximum absolute atomic E-state index is 12.8. The second-order valence-electron chi connectivity index (χ2n) is 3.03. The summed E-state index contributed by atoms with van der Waals surface area (Å²) in [5.74, 6) is -1.17. The molecule has 0 aliphatic heterocycles. The molecule has 0 radical (unpaired) electrons. The molecule has 0 fully saturated rings. The topological polar surface area (TPSA) is 53.1 Å². The summed E-state index contributed by atoms with van der Waals surface area (Å²) in [7, 11) is 0. The maximum atomic E-state index is 12.8. The highest BCUT2D eigenvalue weighted by Crippen LogP contribution is 2.27. The minimum Gasteiger partial charge on any atom is -0.481 e. The van der Waals surface area contributed by atoms with Gasteiger partial charge in [-0.05, 0) is 18.2 Å². The molecule has 0 amide bonds. The SMILES string of the molecule is O=C(O)CSc1c[nH]c2cc(F)ccc12. The van der Waals surface area contributed by atoms with E-state index >= 15 is 0 Å². The van der Waals surface area contributed by atoms with E-state index in [1.165, 1.54) is 23.9 Å². The van der Waals surface area contributed by atoms with Crippen LogP contribution in [-0.4, -0.2) is 21.8 Å². The van der Waals surface area contributed by atoms with E-state index in [1.807, 2.05) is 0 Å². The van der Waals surface area contributed by atoms with Crippen molar-refractivity contribution in [3.05, 3.63) is 30.2 Å². The van der Waals surface area contributed by atoms with Crippen LogP contribution in [0.25, 0.3) is 10.9 Å². The minimum atomic E-state index is -0.864. The van der Waals surface area contributed by atoms with Crippen molar-refractivity contribution < 1.29 is 14.3 Å². The number of hydrogen-bond donors (Lipinski definition) is 2. The van der Waals surface area contributed by atoms with Crippen LogP contribution in [0, 0.1) is 5.82 Å². The Hall–Kier alpha value is -1.49. The number of thioether (sulfide) groups is 1. The molecule has 1 aromatic carbocycles. The third kappa shape index (κ3) is 2.12. The predicted molar refractivity (Wildman–Crippen MR) is 56.6 cm³/mol. The smallest absolute Gasteiger partial charge is 0.313 e. The number of aromatic nitrogens is 1. The number of nitrogens with one attached hydrogen (secondary N) is 1. The molecule has 0 aliphatic rings. The van der Waals surface area contributed by atoms with E-state index in [4.69, 9.17) is 5.11 Å². The molecule has 0 spiro atoms. The molecule has 2 N–H and O–H groups in total. The third-order valence-electron chi connectivity index (χ3n) is 1.96. The predicted octanol–water partition coefficient (Wildman–Crippen LogP) is 2.48. The Balaban J connectivity index is 2.32. The number of carboxylic acids is 1. The van der Waals surface area contributed by atoms with Gasteiger partial charge in [-0.3, -0.25) is 4.79 Å². The van der Waals surface area contributed by atoms with E-state index in [1.54, 1.807) is 12.3 Å². The van der Waals surface area contributed by atoms with Gasteiger partial charge in [0.25, 0.3) is 0 Å². The zero-order chi connectivity index (χ0) is 10.8. The summed E-state index contributed by atoms with van der Waals surface area (Å²) < 4.78 is 12.8. The van der Waals surface area contributed by atoms with Crippen LogP contribution >= 0.6 is 11.8 Å². The molecule has 15 heavy (non-hydrogen) atoms. The molecule has 1 heterocycles. The Kier molecular flexibility index (Phi) is 2.64. The van der Waals surface area contributed by atoms with Crippen molar-refractivity contribution in [1.82, 2.24) is 4.98 Å². The average molecular weight is 225 g/mol. The summed E-state index contributed by atoms with van der Waals surface area (Å²) in [4.78, 5) is 14.1. The van der Waals surface area contributed by atoms with Crippen molar-refractivity contribution >= 4 is 28.6 Å². The van der Waals surface area contributed by atoms with Gasteiger partial charge in [-0.15, -0.1) is 11.8 Å². The quantitative estimate of drug-likeness (QED) is 0.789. The highest BCUT2D eigenvalue weighted by atomic mass is 32.2. The van der Waals surface area contributed by atoms with Crippen LogP contribution in [0.5, 0.6) is 0 Å². The number of carboxylic acid groups (broad SMARTS) is 1. The molecule has 0 aliphatic carbocycles. The van der Waals surface area contributed by atoms with Crippen molar-refractivity contribution in [2.45, 2.75) is 4.90 Å². The zero-order valence-corrected chi connectivity index (χ0v) is 8.47. The second kappa shape index (κ2) is 3.94. The standard InChI is InChI=1S/C10H8FNO2S/c11-6-1-2-7-8(3-6)12-4-9(7)15-5-10(13)14/h1-4,12H,5H2,(H,13,14). The first-order valence-corrected chi connectivity index (χ1v) is 5.26. The fraction of sp³-hybridized carbons (Fsp3) is 0.100. The van der Waals surface area contributed by atoms with E-state index in [-0.39, 0.29) is 11.6 Å². The molecule has 3 nitrogen and oxygen atoms in total. The molecule has 78 valence electrons. The van der Waals surface area contributed by atoms with Gasteiger partial charge in [0.2, 0.25) is 0 Å². The highest BCUT2D eigenvalue weighted by Gasteiger charge is 2.06. The molecular formula is C10H8FNO2S. The van der Waals surface area contributed by atoms with E-state index in [2.05, 4.69) is 4.98 Å². The van der Waals surface area contributed by atoms with Crippen LogP contribution in [0.15, 0.2) is 29.3 Å². The number of H-pyrrole nitrogens is 1. The molecule has 0 atom stereocenters. The van der Waals surface area contributed by atoms with Crippen molar-refractivity contribution in [3.8, 4) is 0 Å². The number of fused-ring (bicyclic) bond motifs is 1. The Labute approximate surface area is 89.3 Å². The summed E-state index contributed by atoms with van der Waals surface area (Å²) in [5, 5.41) is 9.39. The molecule has 0 saturated carbocycles. The molecule has 2 aromatic rings. The Bertz CT molecular complexity index is 509. The number of hydrogen-bond acceptors (Lipinski definition) is 2. The first-order valence-electron chi connectivity index (χ1n) is 4.28. The van der Waals surface area contributed by atoms with Crippen LogP contribution in [-0.2, 0) is 4.79 Å². The van der Waals surface area contributed by atoms with E-state index in [0.717, 1.165) is 10.3 Å². The fourth-order valence-corrected chi connectivity index (χ4v) is 2.09. The average Bonchev–Trinajstić information content (AvgIpc) is 2.57. The van der Waals surface area contributed by atoms with Gasteiger partial charge in [0.05, 0.1) is 5.75 Å². The third-order valence-corrected chi connectivity index (χ3v) is 3.00. The van der Waals surface area contributed by atoms with Gasteiger partial charge < -0.3 is 10.1 Å². The molecule has 0 unspecified atom stereocenters. The van der Waals surface area contributed by atoms with Crippen molar-refractivity contribution in [2.24, 2.45) is 0 Å². The molecule has 5 heteroatoms.